The summed E-state index contributed by atoms with van der Waals surface area (Å²) >= 11 is 1.30. The van der Waals surface area contributed by atoms with Crippen LogP contribution in [-0.2, 0) is 19.1 Å². The zero-order valence-corrected chi connectivity index (χ0v) is 20.3. The van der Waals surface area contributed by atoms with E-state index in [4.69, 9.17) is 9.47 Å². The first kappa shape index (κ1) is 24.3. The van der Waals surface area contributed by atoms with Crippen molar-refractivity contribution in [2.24, 2.45) is 0 Å². The number of ketones is 1. The van der Waals surface area contributed by atoms with Gasteiger partial charge in [0.15, 0.2) is 6.61 Å². The van der Waals surface area contributed by atoms with Crippen molar-refractivity contribution in [3.05, 3.63) is 77.1 Å². The van der Waals surface area contributed by atoms with Gasteiger partial charge in [0.2, 0.25) is 11.7 Å². The van der Waals surface area contributed by atoms with Crippen LogP contribution in [0.1, 0.15) is 38.5 Å². The van der Waals surface area contributed by atoms with E-state index < -0.39 is 23.8 Å². The van der Waals surface area contributed by atoms with Crippen molar-refractivity contribution >= 4 is 41.1 Å². The molecule has 2 aromatic carbocycles. The van der Waals surface area contributed by atoms with E-state index in [1.165, 1.54) is 18.9 Å². The second-order valence-corrected chi connectivity index (χ2v) is 9.28. The number of benzene rings is 2. The van der Waals surface area contributed by atoms with E-state index in [1.807, 2.05) is 29.7 Å². The van der Waals surface area contributed by atoms with Gasteiger partial charge in [-0.1, -0.05) is 12.1 Å². The molecule has 1 aliphatic rings. The number of thioether (sulfide) groups is 1. The summed E-state index contributed by atoms with van der Waals surface area (Å²) in [4.78, 5) is 50.1. The summed E-state index contributed by atoms with van der Waals surface area (Å²) in [6.45, 7) is 3.25. The van der Waals surface area contributed by atoms with Crippen molar-refractivity contribution in [3.8, 4) is 5.69 Å². The minimum atomic E-state index is -0.620. The maximum absolute atomic E-state index is 12.8. The second kappa shape index (κ2) is 10.2. The number of ether oxygens (including phenoxy) is 2. The standard InChI is InChI=1S/C26H24N2O6S/c1-15-12-19(16(2)28(15)18-10-8-17(9-11-18)26(32)33-3)21(29)14-34-24(30)13-23-25(31)27-20-6-4-5-7-22(20)35-23/h4-12,23H,13-14H2,1-3H3,(H,27,31)/t23-/m1/s1. The number of esters is 2. The van der Waals surface area contributed by atoms with E-state index in [1.54, 1.807) is 43.3 Å². The lowest BCUT2D eigenvalue weighted by Gasteiger charge is -2.23. The predicted octanol–water partition coefficient (Wildman–Crippen LogP) is 4.11. The van der Waals surface area contributed by atoms with Gasteiger partial charge in [0.05, 0.1) is 30.0 Å². The fourth-order valence-electron chi connectivity index (χ4n) is 3.97. The van der Waals surface area contributed by atoms with Crippen LogP contribution in [-0.4, -0.2) is 47.2 Å². The number of amides is 1. The van der Waals surface area contributed by atoms with Gasteiger partial charge in [-0.05, 0) is 56.3 Å². The van der Waals surface area contributed by atoms with Gasteiger partial charge in [-0.25, -0.2) is 4.79 Å². The highest BCUT2D eigenvalue weighted by Crippen LogP contribution is 2.36. The van der Waals surface area contributed by atoms with E-state index in [2.05, 4.69) is 5.32 Å². The molecule has 1 aliphatic heterocycles. The minimum Gasteiger partial charge on any atom is -0.465 e. The molecule has 9 heteroatoms. The Morgan fingerprint density at radius 3 is 2.49 bits per heavy atom. The smallest absolute Gasteiger partial charge is 0.337 e. The maximum Gasteiger partial charge on any atom is 0.337 e. The molecule has 0 radical (unpaired) electrons. The number of rotatable bonds is 7. The molecule has 2 heterocycles. The molecule has 0 unspecified atom stereocenters. The Bertz CT molecular complexity index is 1310. The van der Waals surface area contributed by atoms with Crippen LogP contribution in [0.4, 0.5) is 5.69 Å². The largest absolute Gasteiger partial charge is 0.465 e. The molecular formula is C26H24N2O6S. The fraction of sp³-hybridized carbons (Fsp3) is 0.231. The Morgan fingerprint density at radius 1 is 1.06 bits per heavy atom. The Labute approximate surface area is 206 Å². The average molecular weight is 493 g/mol. The van der Waals surface area contributed by atoms with Crippen molar-refractivity contribution in [2.45, 2.75) is 30.4 Å². The third kappa shape index (κ3) is 5.14. The lowest BCUT2D eigenvalue weighted by molar-refractivity contribution is -0.143. The first-order valence-electron chi connectivity index (χ1n) is 10.9. The van der Waals surface area contributed by atoms with Gasteiger partial charge >= 0.3 is 11.9 Å². The van der Waals surface area contributed by atoms with E-state index in [-0.39, 0.29) is 18.1 Å². The van der Waals surface area contributed by atoms with Crippen molar-refractivity contribution < 1.29 is 28.7 Å². The molecule has 35 heavy (non-hydrogen) atoms. The molecule has 0 bridgehead atoms. The number of aryl methyl sites for hydroxylation is 1. The molecule has 0 saturated heterocycles. The zero-order valence-electron chi connectivity index (χ0n) is 19.5. The molecule has 4 rings (SSSR count). The van der Waals surface area contributed by atoms with Gasteiger partial charge in [-0.15, -0.1) is 11.8 Å². The molecule has 0 saturated carbocycles. The number of hydrogen-bond donors (Lipinski definition) is 1. The molecule has 3 aromatic rings. The van der Waals surface area contributed by atoms with Crippen molar-refractivity contribution in [3.63, 3.8) is 0 Å². The molecule has 1 N–H and O–H groups in total. The van der Waals surface area contributed by atoms with Crippen LogP contribution in [0, 0.1) is 13.8 Å². The lowest BCUT2D eigenvalue weighted by atomic mass is 10.1. The van der Waals surface area contributed by atoms with Crippen LogP contribution < -0.4 is 5.32 Å². The molecular weight excluding hydrogens is 468 g/mol. The molecule has 0 aliphatic carbocycles. The highest BCUT2D eigenvalue weighted by atomic mass is 32.2. The van der Waals surface area contributed by atoms with Crippen LogP contribution >= 0.6 is 11.8 Å². The number of Topliss-reactive ketones (excluding diaryl/α,β-unsaturated/α-hetero) is 1. The summed E-state index contributed by atoms with van der Waals surface area (Å²) in [5.41, 5.74) is 3.87. The molecule has 8 nitrogen and oxygen atoms in total. The predicted molar refractivity (Wildman–Crippen MR) is 131 cm³/mol. The summed E-state index contributed by atoms with van der Waals surface area (Å²) in [5.74, 6) is -1.64. The first-order chi connectivity index (χ1) is 16.8. The number of hydrogen-bond acceptors (Lipinski definition) is 7. The zero-order chi connectivity index (χ0) is 25.1. The third-order valence-electron chi connectivity index (χ3n) is 5.70. The summed E-state index contributed by atoms with van der Waals surface area (Å²) in [6, 6.07) is 16.0. The Kier molecular flexibility index (Phi) is 7.07. The van der Waals surface area contributed by atoms with Crippen LogP contribution in [0.5, 0.6) is 0 Å². The second-order valence-electron chi connectivity index (χ2n) is 8.04. The Hall–Kier alpha value is -3.85. The SMILES string of the molecule is COC(=O)c1ccc(-n2c(C)cc(C(=O)COC(=O)C[C@H]3Sc4ccccc4NC3=O)c2C)cc1. The number of fused-ring (bicyclic) bond motifs is 1. The monoisotopic (exact) mass is 492 g/mol. The van der Waals surface area contributed by atoms with Gasteiger partial charge < -0.3 is 19.4 Å². The molecule has 1 atom stereocenters. The van der Waals surface area contributed by atoms with Crippen molar-refractivity contribution in [1.29, 1.82) is 0 Å². The number of anilines is 1. The Morgan fingerprint density at radius 2 is 1.77 bits per heavy atom. The van der Waals surface area contributed by atoms with Gasteiger partial charge in [-0.3, -0.25) is 14.4 Å². The summed E-state index contributed by atoms with van der Waals surface area (Å²) in [5, 5.41) is 2.17. The van der Waals surface area contributed by atoms with Gasteiger partial charge in [0, 0.05) is 27.5 Å². The summed E-state index contributed by atoms with van der Waals surface area (Å²) < 4.78 is 11.8. The number of para-hydroxylation sites is 1. The minimum absolute atomic E-state index is 0.135. The van der Waals surface area contributed by atoms with Gasteiger partial charge in [0.1, 0.15) is 0 Å². The van der Waals surface area contributed by atoms with Gasteiger partial charge in [-0.2, -0.15) is 0 Å². The maximum atomic E-state index is 12.8. The van der Waals surface area contributed by atoms with E-state index in [0.717, 1.165) is 22.0 Å². The highest BCUT2D eigenvalue weighted by Gasteiger charge is 2.29. The van der Waals surface area contributed by atoms with E-state index in [0.29, 0.717) is 16.8 Å². The normalized spacial score (nSPS) is 14.6. The molecule has 1 amide bonds. The van der Waals surface area contributed by atoms with Crippen LogP contribution in [0.15, 0.2) is 59.5 Å². The average Bonchev–Trinajstić information content (AvgIpc) is 3.16. The van der Waals surface area contributed by atoms with Gasteiger partial charge in [0.25, 0.3) is 0 Å². The van der Waals surface area contributed by atoms with Crippen LogP contribution in [0.2, 0.25) is 0 Å². The Balaban J connectivity index is 1.39. The van der Waals surface area contributed by atoms with Crippen molar-refractivity contribution in [1.82, 2.24) is 4.57 Å². The van der Waals surface area contributed by atoms with Crippen molar-refractivity contribution in [2.75, 3.05) is 19.0 Å². The number of methoxy groups -OCH3 is 1. The number of nitrogens with zero attached hydrogens (tertiary/aromatic N) is 1. The fourth-order valence-corrected chi connectivity index (χ4v) is 5.06. The highest BCUT2D eigenvalue weighted by molar-refractivity contribution is 8.01. The first-order valence-corrected chi connectivity index (χ1v) is 11.8. The topological polar surface area (TPSA) is 104 Å². The number of nitrogens with one attached hydrogen (secondary N) is 1. The molecule has 0 fully saturated rings. The third-order valence-corrected chi connectivity index (χ3v) is 6.98. The molecule has 1 aromatic heterocycles. The quantitative estimate of drug-likeness (QED) is 0.391. The van der Waals surface area contributed by atoms with Crippen LogP contribution in [0.3, 0.4) is 0 Å². The molecule has 180 valence electrons. The number of carbonyl (C=O) groups is 4. The number of carbonyl (C=O) groups excluding carboxylic acids is 4. The lowest BCUT2D eigenvalue weighted by Crippen LogP contribution is -2.31. The summed E-state index contributed by atoms with van der Waals surface area (Å²) in [6.07, 6.45) is -0.135. The van der Waals surface area contributed by atoms with E-state index >= 15 is 0 Å². The number of aromatic nitrogens is 1. The van der Waals surface area contributed by atoms with Crippen LogP contribution in [0.25, 0.3) is 5.69 Å². The van der Waals surface area contributed by atoms with E-state index in [9.17, 15) is 19.2 Å². The summed E-state index contributed by atoms with van der Waals surface area (Å²) in [7, 11) is 1.32. The molecule has 0 spiro atoms.